The molecule has 0 radical (unpaired) electrons. The molecule has 1 aromatic carbocycles. The molecule has 1 fully saturated rings. The molecule has 148 valence electrons. The summed E-state index contributed by atoms with van der Waals surface area (Å²) >= 11 is 0. The minimum absolute atomic E-state index is 0.0735. The second-order valence-corrected chi connectivity index (χ2v) is 6.65. The largest absolute Gasteiger partial charge is 0.477 e. The van der Waals surface area contributed by atoms with Crippen LogP contribution in [0.15, 0.2) is 24.3 Å². The summed E-state index contributed by atoms with van der Waals surface area (Å²) in [4.78, 5) is 34.4. The van der Waals surface area contributed by atoms with Gasteiger partial charge in [0, 0.05) is 0 Å². The van der Waals surface area contributed by atoms with Crippen LogP contribution in [-0.4, -0.2) is 41.1 Å². The first-order valence-electron chi connectivity index (χ1n) is 8.81. The van der Waals surface area contributed by atoms with Gasteiger partial charge >= 0.3 is 23.8 Å². The summed E-state index contributed by atoms with van der Waals surface area (Å²) in [5.74, 6) is -8.14. The number of aliphatic carboxylic acids is 1. The van der Waals surface area contributed by atoms with Crippen molar-refractivity contribution in [3.8, 4) is 0 Å². The third-order valence-electron chi connectivity index (χ3n) is 4.77. The highest BCUT2D eigenvalue weighted by atomic mass is 19.3. The van der Waals surface area contributed by atoms with Crippen LogP contribution < -0.4 is 0 Å². The number of alkyl halides is 2. The van der Waals surface area contributed by atoms with Crippen LogP contribution in [-0.2, 0) is 14.3 Å². The third-order valence-corrected chi connectivity index (χ3v) is 4.77. The van der Waals surface area contributed by atoms with Crippen LogP contribution in [0, 0.1) is 0 Å². The van der Waals surface area contributed by atoms with Crippen LogP contribution in [0.4, 0.5) is 8.78 Å². The Balaban J connectivity index is 1.98. The first kappa shape index (κ1) is 20.8. The topological polar surface area (TPSA) is 89.9 Å². The molecule has 1 N–H and O–H groups in total. The van der Waals surface area contributed by atoms with E-state index < -0.39 is 36.0 Å². The summed E-state index contributed by atoms with van der Waals surface area (Å²) in [5.41, 5.74) is -0.300. The molecular weight excluding hydrogens is 362 g/mol. The maximum atomic E-state index is 12.9. The Kier molecular flexibility index (Phi) is 6.51. The van der Waals surface area contributed by atoms with Crippen LogP contribution in [0.25, 0.3) is 0 Å². The number of carbonyl (C=O) groups is 3. The van der Waals surface area contributed by atoms with E-state index in [2.05, 4.69) is 4.74 Å². The van der Waals surface area contributed by atoms with Crippen LogP contribution in [0.3, 0.4) is 0 Å². The van der Waals surface area contributed by atoms with Crippen molar-refractivity contribution in [3.05, 3.63) is 35.4 Å². The van der Waals surface area contributed by atoms with Crippen molar-refractivity contribution in [1.29, 1.82) is 0 Å². The van der Waals surface area contributed by atoms with Crippen molar-refractivity contribution in [2.75, 3.05) is 6.61 Å². The smallest absolute Gasteiger partial charge is 0.378 e. The first-order chi connectivity index (χ1) is 12.7. The molecule has 0 bridgehead atoms. The summed E-state index contributed by atoms with van der Waals surface area (Å²) in [7, 11) is 0. The van der Waals surface area contributed by atoms with E-state index in [0.717, 1.165) is 38.5 Å². The Morgan fingerprint density at radius 2 is 1.56 bits per heavy atom. The van der Waals surface area contributed by atoms with Gasteiger partial charge in [0.2, 0.25) is 0 Å². The Labute approximate surface area is 155 Å². The molecule has 27 heavy (non-hydrogen) atoms. The fraction of sp³-hybridized carbons (Fsp3) is 0.526. The SMILES string of the molecule is CCC1(OC(=O)c2ccc(C(=O)OCC(F)(F)C(=O)O)cc2)CCCCC1. The molecule has 1 aliphatic rings. The number of rotatable bonds is 7. The van der Waals surface area contributed by atoms with E-state index in [-0.39, 0.29) is 11.1 Å². The van der Waals surface area contributed by atoms with Crippen molar-refractivity contribution in [1.82, 2.24) is 0 Å². The molecule has 1 saturated carbocycles. The Bertz CT molecular complexity index is 693. The molecule has 1 aromatic rings. The number of carboxylic acids is 1. The summed E-state index contributed by atoms with van der Waals surface area (Å²) < 4.78 is 35.9. The Hall–Kier alpha value is -2.51. The Morgan fingerprint density at radius 1 is 1.04 bits per heavy atom. The predicted molar refractivity (Wildman–Crippen MR) is 90.8 cm³/mol. The molecule has 0 atom stereocenters. The minimum atomic E-state index is -4.16. The van der Waals surface area contributed by atoms with Gasteiger partial charge in [0.05, 0.1) is 11.1 Å². The normalized spacial score (nSPS) is 16.4. The molecule has 2 rings (SSSR count). The lowest BCUT2D eigenvalue weighted by molar-refractivity contribution is -0.170. The lowest BCUT2D eigenvalue weighted by atomic mass is 9.82. The Morgan fingerprint density at radius 3 is 2.04 bits per heavy atom. The quantitative estimate of drug-likeness (QED) is 0.719. The standard InChI is InChI=1S/C19H22F2O6/c1-2-18(10-4-3-5-11-18)27-16(23)14-8-6-13(7-9-14)15(22)26-12-19(20,21)17(24)25/h6-9H,2-5,10-12H2,1H3,(H,24,25). The molecule has 0 spiro atoms. The average molecular weight is 384 g/mol. The molecule has 0 amide bonds. The number of esters is 2. The number of halogens is 2. The van der Waals surface area contributed by atoms with Gasteiger partial charge in [-0.3, -0.25) is 0 Å². The highest BCUT2D eigenvalue weighted by Crippen LogP contribution is 2.35. The van der Waals surface area contributed by atoms with E-state index in [1.807, 2.05) is 6.92 Å². The van der Waals surface area contributed by atoms with E-state index in [1.54, 1.807) is 0 Å². The molecular formula is C19H22F2O6. The second-order valence-electron chi connectivity index (χ2n) is 6.65. The second kappa shape index (κ2) is 8.45. The van der Waals surface area contributed by atoms with E-state index in [0.29, 0.717) is 0 Å². The predicted octanol–water partition coefficient (Wildman–Crippen LogP) is 3.83. The zero-order valence-corrected chi connectivity index (χ0v) is 15.0. The number of carboxylic acid groups (broad SMARTS) is 1. The van der Waals surface area contributed by atoms with Gasteiger partial charge in [0.25, 0.3) is 0 Å². The molecule has 8 heteroatoms. The van der Waals surface area contributed by atoms with Gasteiger partial charge < -0.3 is 14.6 Å². The van der Waals surface area contributed by atoms with Gasteiger partial charge in [0.15, 0.2) is 6.61 Å². The number of ether oxygens (including phenoxy) is 2. The van der Waals surface area contributed by atoms with Crippen LogP contribution in [0.2, 0.25) is 0 Å². The van der Waals surface area contributed by atoms with Gasteiger partial charge in [0.1, 0.15) is 5.60 Å². The zero-order valence-electron chi connectivity index (χ0n) is 15.0. The molecule has 0 heterocycles. The number of hydrogen-bond donors (Lipinski definition) is 1. The van der Waals surface area contributed by atoms with Crippen molar-refractivity contribution < 1.29 is 37.7 Å². The van der Waals surface area contributed by atoms with Crippen molar-refractivity contribution in [2.45, 2.75) is 57.0 Å². The molecule has 6 nitrogen and oxygen atoms in total. The van der Waals surface area contributed by atoms with E-state index in [9.17, 15) is 23.2 Å². The van der Waals surface area contributed by atoms with Crippen LogP contribution in [0.1, 0.15) is 66.2 Å². The first-order valence-corrected chi connectivity index (χ1v) is 8.81. The summed E-state index contributed by atoms with van der Waals surface area (Å²) in [5, 5.41) is 8.31. The molecule has 0 aromatic heterocycles. The van der Waals surface area contributed by atoms with E-state index in [1.165, 1.54) is 24.3 Å². The van der Waals surface area contributed by atoms with Crippen molar-refractivity contribution in [2.24, 2.45) is 0 Å². The number of benzene rings is 1. The van der Waals surface area contributed by atoms with E-state index in [4.69, 9.17) is 9.84 Å². The molecule has 0 saturated heterocycles. The lowest BCUT2D eigenvalue weighted by Gasteiger charge is -2.36. The van der Waals surface area contributed by atoms with Gasteiger partial charge in [-0.05, 0) is 56.4 Å². The van der Waals surface area contributed by atoms with E-state index >= 15 is 0 Å². The number of carbonyl (C=O) groups excluding carboxylic acids is 2. The summed E-state index contributed by atoms with van der Waals surface area (Å²) in [6.45, 7) is 0.411. The maximum Gasteiger partial charge on any atom is 0.378 e. The van der Waals surface area contributed by atoms with Crippen molar-refractivity contribution >= 4 is 17.9 Å². The number of hydrogen-bond acceptors (Lipinski definition) is 5. The van der Waals surface area contributed by atoms with Crippen LogP contribution in [0.5, 0.6) is 0 Å². The molecule has 1 aliphatic carbocycles. The maximum absolute atomic E-state index is 12.9. The van der Waals surface area contributed by atoms with Gasteiger partial charge in [-0.25, -0.2) is 14.4 Å². The van der Waals surface area contributed by atoms with Gasteiger partial charge in [-0.2, -0.15) is 8.78 Å². The fourth-order valence-corrected chi connectivity index (χ4v) is 3.02. The summed E-state index contributed by atoms with van der Waals surface area (Å²) in [6.07, 6.45) is 5.49. The van der Waals surface area contributed by atoms with Gasteiger partial charge in [-0.1, -0.05) is 13.3 Å². The third kappa shape index (κ3) is 5.24. The molecule has 0 unspecified atom stereocenters. The highest BCUT2D eigenvalue weighted by Gasteiger charge is 2.40. The summed E-state index contributed by atoms with van der Waals surface area (Å²) in [6, 6.07) is 5.19. The molecule has 0 aliphatic heterocycles. The van der Waals surface area contributed by atoms with Crippen LogP contribution >= 0.6 is 0 Å². The highest BCUT2D eigenvalue weighted by molar-refractivity contribution is 5.93. The minimum Gasteiger partial charge on any atom is -0.477 e. The lowest BCUT2D eigenvalue weighted by Crippen LogP contribution is -2.36. The zero-order chi connectivity index (χ0) is 20.1. The van der Waals surface area contributed by atoms with Crippen molar-refractivity contribution in [3.63, 3.8) is 0 Å². The monoisotopic (exact) mass is 384 g/mol. The average Bonchev–Trinajstić information content (AvgIpc) is 2.67. The fourth-order valence-electron chi connectivity index (χ4n) is 3.02. The van der Waals surface area contributed by atoms with Gasteiger partial charge in [-0.15, -0.1) is 0 Å².